The molecule has 12 nitrogen and oxygen atoms in total. The molecule has 0 radical (unpaired) electrons. The van der Waals surface area contributed by atoms with Crippen LogP contribution in [0.4, 0.5) is 0 Å². The molecule has 1 aromatic rings. The van der Waals surface area contributed by atoms with Gasteiger partial charge in [0.2, 0.25) is 5.91 Å². The average Bonchev–Trinajstić information content (AvgIpc) is 3.26. The number of Topliss-reactive ketones (excluding diaryl/α,β-unsaturated/α-hetero) is 1. The van der Waals surface area contributed by atoms with Gasteiger partial charge in [-0.2, -0.15) is 0 Å². The highest BCUT2D eigenvalue weighted by molar-refractivity contribution is 6.47. The number of guanidine groups is 1. The molecule has 1 saturated heterocycles. The molecule has 224 valence electrons. The molecule has 5 rings (SSSR count). The molecule has 3 aliphatic carbocycles. The van der Waals surface area contributed by atoms with Crippen molar-refractivity contribution in [2.75, 3.05) is 6.54 Å². The summed E-state index contributed by atoms with van der Waals surface area (Å²) in [6, 6.07) is 3.25. The Labute approximate surface area is 241 Å². The summed E-state index contributed by atoms with van der Waals surface area (Å²) >= 11 is 0. The fraction of sp³-hybridized carbons (Fsp3) is 0.714. The first-order valence-corrected chi connectivity index (χ1v) is 14.6. The Hall–Kier alpha value is -3.06. The van der Waals surface area contributed by atoms with Crippen molar-refractivity contribution in [2.24, 2.45) is 39.8 Å². The lowest BCUT2D eigenvalue weighted by Crippen LogP contribution is -2.65. The maximum absolute atomic E-state index is 13.8. The van der Waals surface area contributed by atoms with E-state index in [4.69, 9.17) is 15.0 Å². The number of hydrogen-bond acceptors (Lipinski definition) is 8. The fourth-order valence-corrected chi connectivity index (χ4v) is 6.99. The lowest BCUT2D eigenvalue weighted by molar-refractivity contribution is -0.525. The molecule has 4 fully saturated rings. The van der Waals surface area contributed by atoms with Crippen LogP contribution in [0, 0.1) is 39.2 Å². The molecule has 0 aromatic carbocycles. The summed E-state index contributed by atoms with van der Waals surface area (Å²) in [5.74, 6) is -0.452. The van der Waals surface area contributed by atoms with Gasteiger partial charge in [-0.25, -0.2) is 15.1 Å². The van der Waals surface area contributed by atoms with E-state index in [1.54, 1.807) is 30.0 Å². The number of nitrogens with two attached hydrogens (primary N) is 1. The van der Waals surface area contributed by atoms with Crippen LogP contribution in [0.25, 0.3) is 0 Å². The van der Waals surface area contributed by atoms with E-state index in [2.05, 4.69) is 49.9 Å². The Morgan fingerprint density at radius 3 is 2.61 bits per heavy atom. The molecule has 0 unspecified atom stereocenters. The number of aromatic nitrogens is 1. The van der Waals surface area contributed by atoms with E-state index in [-0.39, 0.29) is 54.0 Å². The number of nitrogens with zero attached hydrogens (tertiary/aromatic N) is 3. The highest BCUT2D eigenvalue weighted by Crippen LogP contribution is 2.65. The molecule has 4 aliphatic rings. The van der Waals surface area contributed by atoms with Gasteiger partial charge in [0.15, 0.2) is 10.8 Å². The molecule has 3 saturated carbocycles. The highest BCUT2D eigenvalue weighted by Gasteiger charge is 2.68. The van der Waals surface area contributed by atoms with Crippen LogP contribution < -0.4 is 16.5 Å². The van der Waals surface area contributed by atoms with Gasteiger partial charge in [0.05, 0.1) is 17.6 Å². The Kier molecular flexibility index (Phi) is 9.37. The molecule has 1 aliphatic heterocycles. The number of aliphatic imine (C=N–C) groups is 1. The predicted octanol–water partition coefficient (Wildman–Crippen LogP) is 2.95. The lowest BCUT2D eigenvalue weighted by Gasteiger charge is -2.64. The fourth-order valence-electron chi connectivity index (χ4n) is 6.99. The summed E-state index contributed by atoms with van der Waals surface area (Å²) in [6.07, 6.45) is 6.59. The summed E-state index contributed by atoms with van der Waals surface area (Å²) in [6.45, 7) is 11.1. The first kappa shape index (κ1) is 30.9. The minimum Gasteiger partial charge on any atom is -0.404 e. The van der Waals surface area contributed by atoms with Crippen molar-refractivity contribution in [1.82, 2.24) is 15.7 Å². The van der Waals surface area contributed by atoms with Gasteiger partial charge < -0.3 is 20.4 Å². The zero-order chi connectivity index (χ0) is 29.9. The van der Waals surface area contributed by atoms with Crippen molar-refractivity contribution >= 4 is 24.8 Å². The minimum absolute atomic E-state index is 0.00124. The monoisotopic (exact) mass is 570 g/mol. The Morgan fingerprint density at radius 1 is 1.27 bits per heavy atom. The Morgan fingerprint density at radius 2 is 1.98 bits per heavy atom. The third kappa shape index (κ3) is 6.89. The third-order valence-electron chi connectivity index (χ3n) is 9.35. The van der Waals surface area contributed by atoms with Crippen molar-refractivity contribution in [2.45, 2.75) is 90.8 Å². The molecule has 1 aromatic heterocycles. The van der Waals surface area contributed by atoms with Crippen LogP contribution >= 0.6 is 0 Å². The molecular weight excluding hydrogens is 527 g/mol. The number of hydrazine groups is 1. The third-order valence-corrected chi connectivity index (χ3v) is 9.35. The zero-order valence-electron chi connectivity index (χ0n) is 24.7. The van der Waals surface area contributed by atoms with Gasteiger partial charge in [-0.05, 0) is 74.3 Å². The Bertz CT molecular complexity index is 1150. The van der Waals surface area contributed by atoms with Gasteiger partial charge in [0.25, 0.3) is 5.96 Å². The van der Waals surface area contributed by atoms with Crippen LogP contribution in [0.2, 0.25) is 0 Å². The van der Waals surface area contributed by atoms with Gasteiger partial charge in [0, 0.05) is 36.8 Å². The largest absolute Gasteiger partial charge is 0.481 e. The number of rotatable bonds is 13. The second kappa shape index (κ2) is 12.4. The molecule has 13 heteroatoms. The van der Waals surface area contributed by atoms with Crippen LogP contribution in [0.5, 0.6) is 0 Å². The summed E-state index contributed by atoms with van der Waals surface area (Å²) in [7, 11) is -0.569. The Balaban J connectivity index is 1.46. The predicted molar refractivity (Wildman–Crippen MR) is 154 cm³/mol. The molecule has 1 amide bonds. The van der Waals surface area contributed by atoms with E-state index < -0.39 is 23.7 Å². The summed E-state index contributed by atoms with van der Waals surface area (Å²) in [5, 5.41) is 13.0. The maximum Gasteiger partial charge on any atom is 0.481 e. The van der Waals surface area contributed by atoms with E-state index in [0.29, 0.717) is 36.7 Å². The molecule has 0 spiro atoms. The second-order valence-electron chi connectivity index (χ2n) is 12.9. The average molecular weight is 571 g/mol. The maximum atomic E-state index is 13.8. The van der Waals surface area contributed by atoms with E-state index >= 15 is 0 Å². The van der Waals surface area contributed by atoms with Crippen molar-refractivity contribution in [1.29, 1.82) is 0 Å². The number of carbonyl (C=O) groups is 2. The normalized spacial score (nSPS) is 27.9. The smallest absolute Gasteiger partial charge is 0.404 e. The number of nitro groups is 1. The SMILES string of the molecule is CC(C)C[C@H](NC(=O)[C@H](CCCN=C(N)N[N+](=O)[O-])CC(=O)c1ccncc1)B1O[C@@H]2C[C@H]3C[C@H](C3(C)C)[C@]2(C)O1. The van der Waals surface area contributed by atoms with Crippen LogP contribution in [-0.2, 0) is 14.1 Å². The van der Waals surface area contributed by atoms with E-state index in [1.165, 1.54) is 0 Å². The number of hydrogen-bond donors (Lipinski definition) is 3. The van der Waals surface area contributed by atoms with E-state index in [0.717, 1.165) is 12.8 Å². The van der Waals surface area contributed by atoms with Crippen molar-refractivity contribution in [3.05, 3.63) is 40.2 Å². The minimum atomic E-state index is -0.786. The van der Waals surface area contributed by atoms with Crippen molar-refractivity contribution in [3.8, 4) is 0 Å². The standard InChI is InChI=1S/C28H43BN6O6/c1-17(2)13-24(29-40-23-16-20-15-22(27(20,3)4)28(23,5)41-29)33-25(37)19(7-6-10-32-26(30)34-35(38)39)14-21(36)18-8-11-31-12-9-18/h8-9,11-12,17,19-20,22-24H,6-7,10,13-16H2,1-5H3,(H,33,37)(H3,30,32,34)/t19-,20-,22-,23-,24+,28+/m1/s1. The number of ketones is 1. The molecule has 2 bridgehead atoms. The van der Waals surface area contributed by atoms with E-state index in [1.807, 2.05) is 0 Å². The van der Waals surface area contributed by atoms with Crippen molar-refractivity contribution in [3.63, 3.8) is 0 Å². The topological polar surface area (TPSA) is 171 Å². The van der Waals surface area contributed by atoms with Gasteiger partial charge in [-0.1, -0.05) is 33.1 Å². The molecule has 2 heterocycles. The van der Waals surface area contributed by atoms with Gasteiger partial charge in [0.1, 0.15) is 0 Å². The second-order valence-corrected chi connectivity index (χ2v) is 12.9. The molecule has 4 N–H and O–H groups in total. The molecule has 6 atom stereocenters. The number of nitrogens with one attached hydrogen (secondary N) is 2. The number of pyridine rings is 1. The van der Waals surface area contributed by atoms with Crippen LogP contribution in [-0.4, -0.2) is 59.0 Å². The number of carbonyl (C=O) groups excluding carboxylic acids is 2. The lowest BCUT2D eigenvalue weighted by atomic mass is 9.43. The van der Waals surface area contributed by atoms with Gasteiger partial charge >= 0.3 is 7.12 Å². The van der Waals surface area contributed by atoms with E-state index in [9.17, 15) is 19.7 Å². The van der Waals surface area contributed by atoms with Crippen LogP contribution in [0.1, 0.15) is 83.5 Å². The molecular formula is C28H43BN6O6. The molecule has 41 heavy (non-hydrogen) atoms. The van der Waals surface area contributed by atoms with Gasteiger partial charge in [-0.3, -0.25) is 14.6 Å². The zero-order valence-corrected chi connectivity index (χ0v) is 24.7. The summed E-state index contributed by atoms with van der Waals surface area (Å²) in [5.41, 5.74) is 7.61. The summed E-state index contributed by atoms with van der Waals surface area (Å²) < 4.78 is 13.2. The quantitative estimate of drug-likeness (QED) is 0.0613. The highest BCUT2D eigenvalue weighted by atomic mass is 16.7. The first-order valence-electron chi connectivity index (χ1n) is 14.6. The number of amides is 1. The van der Waals surface area contributed by atoms with Crippen LogP contribution in [0.15, 0.2) is 29.5 Å². The van der Waals surface area contributed by atoms with Crippen molar-refractivity contribution < 1.29 is 23.9 Å². The summed E-state index contributed by atoms with van der Waals surface area (Å²) in [4.78, 5) is 45.3. The van der Waals surface area contributed by atoms with Crippen LogP contribution in [0.3, 0.4) is 0 Å². The van der Waals surface area contributed by atoms with Gasteiger partial charge in [-0.15, -0.1) is 0 Å². The first-order chi connectivity index (χ1) is 19.3.